The molecule has 0 spiro atoms. The molecule has 220 valence electrons. The lowest BCUT2D eigenvalue weighted by Crippen LogP contribution is -2.67. The second-order valence-electron chi connectivity index (χ2n) is 10.2. The first-order chi connectivity index (χ1) is 20.5. The average Bonchev–Trinajstić information content (AvgIpc) is 3.03. The highest BCUT2D eigenvalue weighted by atomic mass is 16.7. The number of esters is 1. The van der Waals surface area contributed by atoms with Crippen molar-refractivity contribution in [1.29, 1.82) is 0 Å². The zero-order chi connectivity index (χ0) is 29.3. The number of amides is 1. The van der Waals surface area contributed by atoms with Crippen molar-refractivity contribution in [3.63, 3.8) is 0 Å². The van der Waals surface area contributed by atoms with E-state index in [-0.39, 0.29) is 37.9 Å². The van der Waals surface area contributed by atoms with Crippen molar-refractivity contribution >= 4 is 11.9 Å². The Hall–Kier alpha value is -3.86. The molecule has 1 N–H and O–H groups in total. The number of fused-ring (bicyclic) bond motifs is 1. The fourth-order valence-corrected chi connectivity index (χ4v) is 4.91. The first-order valence-electron chi connectivity index (χ1n) is 13.9. The highest BCUT2D eigenvalue weighted by molar-refractivity contribution is 5.87. The van der Waals surface area contributed by atoms with Gasteiger partial charge in [-0.2, -0.15) is 0 Å². The number of benzene rings is 3. The van der Waals surface area contributed by atoms with E-state index < -0.39 is 42.9 Å². The summed E-state index contributed by atoms with van der Waals surface area (Å²) >= 11 is 0. The van der Waals surface area contributed by atoms with Crippen molar-refractivity contribution in [2.45, 2.75) is 57.1 Å². The van der Waals surface area contributed by atoms with Crippen LogP contribution in [-0.4, -0.2) is 55.7 Å². The Kier molecular flexibility index (Phi) is 10.1. The van der Waals surface area contributed by atoms with E-state index in [1.807, 2.05) is 91.0 Å². The second-order valence-corrected chi connectivity index (χ2v) is 10.2. The van der Waals surface area contributed by atoms with Gasteiger partial charge in [-0.05, 0) is 11.1 Å². The van der Waals surface area contributed by atoms with Gasteiger partial charge in [-0.15, -0.1) is 0 Å². The predicted molar refractivity (Wildman–Crippen MR) is 153 cm³/mol. The Labute approximate surface area is 245 Å². The number of nitrogens with one attached hydrogen (secondary N) is 1. The zero-order valence-electron chi connectivity index (χ0n) is 23.4. The summed E-state index contributed by atoms with van der Waals surface area (Å²) in [5.74, 6) is -0.873. The number of ether oxygens (including phenoxy) is 6. The van der Waals surface area contributed by atoms with Crippen molar-refractivity contribution in [1.82, 2.24) is 5.32 Å². The van der Waals surface area contributed by atoms with Crippen LogP contribution < -0.4 is 5.32 Å². The average molecular weight is 574 g/mol. The molecule has 3 aromatic carbocycles. The molecule has 1 amide bonds. The molecule has 2 saturated heterocycles. The molecule has 0 radical (unpaired) electrons. The molecule has 0 aliphatic carbocycles. The summed E-state index contributed by atoms with van der Waals surface area (Å²) in [4.78, 5) is 25.1. The molecule has 5 rings (SSSR count). The lowest BCUT2D eigenvalue weighted by Gasteiger charge is -2.49. The van der Waals surface area contributed by atoms with Gasteiger partial charge in [0.05, 0.1) is 25.4 Å². The van der Waals surface area contributed by atoms with E-state index in [0.717, 1.165) is 16.7 Å². The summed E-state index contributed by atoms with van der Waals surface area (Å²) in [5, 5.41) is 2.92. The Morgan fingerprint density at radius 1 is 0.857 bits per heavy atom. The van der Waals surface area contributed by atoms with Gasteiger partial charge in [0.15, 0.2) is 12.6 Å². The number of carbonyl (C=O) groups excluding carboxylic acids is 2. The van der Waals surface area contributed by atoms with Gasteiger partial charge >= 0.3 is 5.97 Å². The molecule has 0 saturated carbocycles. The third-order valence-corrected chi connectivity index (χ3v) is 6.99. The van der Waals surface area contributed by atoms with Crippen molar-refractivity contribution in [3.05, 3.63) is 120 Å². The van der Waals surface area contributed by atoms with E-state index in [2.05, 4.69) is 11.9 Å². The van der Waals surface area contributed by atoms with Gasteiger partial charge in [0.25, 0.3) is 0 Å². The van der Waals surface area contributed by atoms with Crippen LogP contribution in [0.15, 0.2) is 103 Å². The highest BCUT2D eigenvalue weighted by Gasteiger charge is 2.51. The van der Waals surface area contributed by atoms with Crippen molar-refractivity contribution in [2.24, 2.45) is 0 Å². The molecule has 9 nitrogen and oxygen atoms in total. The number of rotatable bonds is 11. The predicted octanol–water partition coefficient (Wildman–Crippen LogP) is 4.23. The lowest BCUT2D eigenvalue weighted by atomic mass is 9.95. The van der Waals surface area contributed by atoms with Crippen molar-refractivity contribution in [2.75, 3.05) is 13.2 Å². The van der Waals surface area contributed by atoms with E-state index >= 15 is 0 Å². The van der Waals surface area contributed by atoms with Crippen LogP contribution in [0.2, 0.25) is 0 Å². The molecule has 6 atom stereocenters. The maximum absolute atomic E-state index is 12.7. The summed E-state index contributed by atoms with van der Waals surface area (Å²) < 4.78 is 36.6. The van der Waals surface area contributed by atoms with Gasteiger partial charge in [-0.3, -0.25) is 4.79 Å². The molecule has 2 heterocycles. The van der Waals surface area contributed by atoms with Gasteiger partial charge < -0.3 is 33.7 Å². The fraction of sp³-hybridized carbons (Fsp3) is 0.333. The summed E-state index contributed by atoms with van der Waals surface area (Å²) in [7, 11) is 0. The fourth-order valence-electron chi connectivity index (χ4n) is 4.91. The normalized spacial score (nSPS) is 25.2. The second kappa shape index (κ2) is 14.4. The Bertz CT molecular complexity index is 1320. The molecule has 2 aliphatic rings. The Morgan fingerprint density at radius 3 is 2.12 bits per heavy atom. The number of hydrogen-bond acceptors (Lipinski definition) is 8. The minimum absolute atomic E-state index is 0.115. The van der Waals surface area contributed by atoms with Crippen LogP contribution in [0.4, 0.5) is 0 Å². The summed E-state index contributed by atoms with van der Waals surface area (Å²) in [6, 6.07) is 27.8. The highest BCUT2D eigenvalue weighted by Crippen LogP contribution is 2.36. The first kappa shape index (κ1) is 29.6. The third-order valence-electron chi connectivity index (χ3n) is 6.99. The maximum atomic E-state index is 12.7. The van der Waals surface area contributed by atoms with E-state index in [1.54, 1.807) is 0 Å². The minimum Gasteiger partial charge on any atom is -0.457 e. The number of hydrogen-bond donors (Lipinski definition) is 1. The van der Waals surface area contributed by atoms with E-state index in [4.69, 9.17) is 28.4 Å². The minimum atomic E-state index is -0.876. The zero-order valence-corrected chi connectivity index (χ0v) is 23.4. The lowest BCUT2D eigenvalue weighted by molar-refractivity contribution is -0.349. The standard InChI is InChI=1S/C33H35NO8/c1-22(31(36)38-19-24-12-6-3-7-13-24)18-37-30-28(34-23(2)35)33(39-20-25-14-8-4-9-15-25)41-27-21-40-32(42-29(27)30)26-16-10-5-11-17-26/h3-17,27-30,32-33H,1,18-21H2,2H3,(H,34,35)/t27-,28-,29+,30+,32+,33+/m0/s1. The molecule has 3 aromatic rings. The SMILES string of the molecule is C=C(CO[C@@H]1[C@H](NC(C)=O)[C@H](OCc2ccccc2)O[C@H]2CO[C@@H](c3ccccc3)O[C@@H]12)C(=O)OCc1ccccc1. The molecule has 42 heavy (non-hydrogen) atoms. The van der Waals surface area contributed by atoms with Crippen molar-refractivity contribution in [3.8, 4) is 0 Å². The smallest absolute Gasteiger partial charge is 0.336 e. The van der Waals surface area contributed by atoms with E-state index in [0.29, 0.717) is 0 Å². The van der Waals surface area contributed by atoms with Crippen LogP contribution in [0.3, 0.4) is 0 Å². The summed E-state index contributed by atoms with van der Waals surface area (Å²) in [5.41, 5.74) is 2.77. The molecular formula is C33H35NO8. The third kappa shape index (κ3) is 7.70. The van der Waals surface area contributed by atoms with Gasteiger partial charge in [0.1, 0.15) is 31.0 Å². The van der Waals surface area contributed by atoms with Crippen LogP contribution in [0.1, 0.15) is 29.9 Å². The van der Waals surface area contributed by atoms with Crippen molar-refractivity contribution < 1.29 is 38.0 Å². The van der Waals surface area contributed by atoms with E-state index in [1.165, 1.54) is 6.92 Å². The molecule has 2 aliphatic heterocycles. The molecule has 0 unspecified atom stereocenters. The maximum Gasteiger partial charge on any atom is 0.336 e. The van der Waals surface area contributed by atoms with Gasteiger partial charge in [-0.1, -0.05) is 97.6 Å². The van der Waals surface area contributed by atoms with Crippen LogP contribution >= 0.6 is 0 Å². The molecule has 2 fully saturated rings. The molecule has 9 heteroatoms. The molecule has 0 bridgehead atoms. The van der Waals surface area contributed by atoms with Crippen LogP contribution in [-0.2, 0) is 51.2 Å². The van der Waals surface area contributed by atoms with Crippen LogP contribution in [0.5, 0.6) is 0 Å². The largest absolute Gasteiger partial charge is 0.457 e. The summed E-state index contributed by atoms with van der Waals surface area (Å²) in [6.07, 6.45) is -3.51. The van der Waals surface area contributed by atoms with Crippen LogP contribution in [0, 0.1) is 0 Å². The topological polar surface area (TPSA) is 102 Å². The van der Waals surface area contributed by atoms with Gasteiger partial charge in [0, 0.05) is 12.5 Å². The molecule has 0 aromatic heterocycles. The monoisotopic (exact) mass is 573 g/mol. The van der Waals surface area contributed by atoms with Crippen LogP contribution in [0.25, 0.3) is 0 Å². The van der Waals surface area contributed by atoms with Gasteiger partial charge in [0.2, 0.25) is 5.91 Å². The molecular weight excluding hydrogens is 538 g/mol. The Balaban J connectivity index is 1.33. The Morgan fingerprint density at radius 2 is 1.48 bits per heavy atom. The van der Waals surface area contributed by atoms with Gasteiger partial charge in [-0.25, -0.2) is 4.79 Å². The number of carbonyl (C=O) groups is 2. The van der Waals surface area contributed by atoms with E-state index in [9.17, 15) is 9.59 Å². The summed E-state index contributed by atoms with van der Waals surface area (Å²) in [6.45, 7) is 5.72. The quantitative estimate of drug-likeness (QED) is 0.269. The first-order valence-corrected chi connectivity index (χ1v) is 13.9.